The zero-order valence-corrected chi connectivity index (χ0v) is 14.9. The molecule has 0 aliphatic carbocycles. The van der Waals surface area contributed by atoms with Crippen molar-refractivity contribution in [2.75, 3.05) is 7.11 Å². The second-order valence-corrected chi connectivity index (χ2v) is 6.37. The summed E-state index contributed by atoms with van der Waals surface area (Å²) in [7, 11) is 1.58. The molecule has 124 valence electrons. The summed E-state index contributed by atoms with van der Waals surface area (Å²) in [6.45, 7) is 2.12. The van der Waals surface area contributed by atoms with Crippen LogP contribution in [0.3, 0.4) is 0 Å². The highest BCUT2D eigenvalue weighted by molar-refractivity contribution is 7.15. The van der Waals surface area contributed by atoms with E-state index in [-0.39, 0.29) is 0 Å². The van der Waals surface area contributed by atoms with E-state index >= 15 is 0 Å². The van der Waals surface area contributed by atoms with Gasteiger partial charge < -0.3 is 14.2 Å². The molecule has 6 heteroatoms. The lowest BCUT2D eigenvalue weighted by atomic mass is 10.2. The van der Waals surface area contributed by atoms with Crippen molar-refractivity contribution < 1.29 is 14.2 Å². The van der Waals surface area contributed by atoms with Gasteiger partial charge >= 0.3 is 0 Å². The molecule has 3 rings (SSSR count). The molecular formula is C18H16ClNO3S. The Hall–Kier alpha value is -2.24. The van der Waals surface area contributed by atoms with Gasteiger partial charge in [-0.05, 0) is 47.6 Å². The molecule has 0 aliphatic rings. The molecule has 0 amide bonds. The molecule has 0 spiro atoms. The lowest BCUT2D eigenvalue weighted by Crippen LogP contribution is -1.86. The van der Waals surface area contributed by atoms with Crippen molar-refractivity contribution in [1.82, 2.24) is 4.98 Å². The maximum Gasteiger partial charge on any atom is 0.282 e. The number of hydrogen-bond donors (Lipinski definition) is 0. The molecule has 0 atom stereocenters. The Labute approximate surface area is 149 Å². The SMILES string of the molecule is CCc1ccc(Oc2cnc(Oc3cc(Cl)cc(OC)c3)s2)cc1. The maximum atomic E-state index is 6.03. The summed E-state index contributed by atoms with van der Waals surface area (Å²) in [4.78, 5) is 4.21. The largest absolute Gasteiger partial charge is 0.497 e. The Bertz CT molecular complexity index is 817. The molecule has 0 bridgehead atoms. The number of nitrogens with zero attached hydrogens (tertiary/aromatic N) is 1. The van der Waals surface area contributed by atoms with E-state index in [1.807, 2.05) is 24.3 Å². The Balaban J connectivity index is 1.70. The number of benzene rings is 2. The molecule has 0 saturated heterocycles. The minimum Gasteiger partial charge on any atom is -0.497 e. The lowest BCUT2D eigenvalue weighted by molar-refractivity contribution is 0.409. The average molecular weight is 362 g/mol. The van der Waals surface area contributed by atoms with Crippen LogP contribution < -0.4 is 14.2 Å². The second-order valence-electron chi connectivity index (χ2n) is 4.97. The van der Waals surface area contributed by atoms with E-state index in [1.54, 1.807) is 31.5 Å². The van der Waals surface area contributed by atoms with E-state index in [0.717, 1.165) is 12.2 Å². The van der Waals surface area contributed by atoms with E-state index in [9.17, 15) is 0 Å². The predicted molar refractivity (Wildman–Crippen MR) is 96.1 cm³/mol. The Morgan fingerprint density at radius 1 is 1.00 bits per heavy atom. The van der Waals surface area contributed by atoms with Crippen molar-refractivity contribution in [1.29, 1.82) is 0 Å². The van der Waals surface area contributed by atoms with Crippen LogP contribution >= 0.6 is 22.9 Å². The molecule has 0 N–H and O–H groups in total. The quantitative estimate of drug-likeness (QED) is 0.543. The van der Waals surface area contributed by atoms with Gasteiger partial charge in [-0.15, -0.1) is 0 Å². The van der Waals surface area contributed by atoms with Gasteiger partial charge in [-0.2, -0.15) is 0 Å². The van der Waals surface area contributed by atoms with Gasteiger partial charge in [-0.3, -0.25) is 0 Å². The third kappa shape index (κ3) is 4.19. The summed E-state index contributed by atoms with van der Waals surface area (Å²) < 4.78 is 16.7. The summed E-state index contributed by atoms with van der Waals surface area (Å²) in [5, 5.41) is 1.66. The highest BCUT2D eigenvalue weighted by Crippen LogP contribution is 2.36. The standard InChI is InChI=1S/C18H16ClNO3S/c1-3-12-4-6-14(7-5-12)22-17-11-20-18(24-17)23-16-9-13(19)8-15(10-16)21-2/h4-11H,3H2,1-2H3. The molecule has 0 aliphatic heterocycles. The Morgan fingerprint density at radius 3 is 2.46 bits per heavy atom. The van der Waals surface area contributed by atoms with Gasteiger partial charge in [0.25, 0.3) is 5.19 Å². The first-order chi connectivity index (χ1) is 11.7. The van der Waals surface area contributed by atoms with Crippen LogP contribution in [0.25, 0.3) is 0 Å². The average Bonchev–Trinajstić information content (AvgIpc) is 3.02. The van der Waals surface area contributed by atoms with Crippen LogP contribution in [-0.4, -0.2) is 12.1 Å². The topological polar surface area (TPSA) is 40.6 Å². The monoisotopic (exact) mass is 361 g/mol. The minimum atomic E-state index is 0.472. The number of aryl methyl sites for hydroxylation is 1. The number of rotatable bonds is 6. The van der Waals surface area contributed by atoms with Gasteiger partial charge in [-0.1, -0.05) is 30.7 Å². The molecular weight excluding hydrogens is 346 g/mol. The molecule has 2 aromatic carbocycles. The summed E-state index contributed by atoms with van der Waals surface area (Å²) in [6, 6.07) is 13.2. The van der Waals surface area contributed by atoms with Gasteiger partial charge in [-0.25, -0.2) is 4.98 Å². The number of methoxy groups -OCH3 is 1. The van der Waals surface area contributed by atoms with E-state index in [0.29, 0.717) is 26.8 Å². The zero-order chi connectivity index (χ0) is 16.9. The highest BCUT2D eigenvalue weighted by Gasteiger charge is 2.08. The van der Waals surface area contributed by atoms with Crippen molar-refractivity contribution in [3.8, 4) is 27.5 Å². The number of hydrogen-bond acceptors (Lipinski definition) is 5. The van der Waals surface area contributed by atoms with Crippen LogP contribution in [0.5, 0.6) is 27.5 Å². The van der Waals surface area contributed by atoms with Crippen molar-refractivity contribution >= 4 is 22.9 Å². The minimum absolute atomic E-state index is 0.472. The fourth-order valence-electron chi connectivity index (χ4n) is 2.06. The van der Waals surface area contributed by atoms with Gasteiger partial charge in [0.05, 0.1) is 13.3 Å². The van der Waals surface area contributed by atoms with Crippen LogP contribution in [0.1, 0.15) is 12.5 Å². The van der Waals surface area contributed by atoms with Crippen LogP contribution in [0.2, 0.25) is 5.02 Å². The van der Waals surface area contributed by atoms with E-state index < -0.39 is 0 Å². The second kappa shape index (κ2) is 7.55. The first-order valence-electron chi connectivity index (χ1n) is 7.41. The summed E-state index contributed by atoms with van der Waals surface area (Å²) in [5.41, 5.74) is 1.27. The van der Waals surface area contributed by atoms with Crippen LogP contribution in [-0.2, 0) is 6.42 Å². The lowest BCUT2D eigenvalue weighted by Gasteiger charge is -2.05. The van der Waals surface area contributed by atoms with Crippen LogP contribution in [0.15, 0.2) is 48.7 Å². The first kappa shape index (κ1) is 16.6. The Kier molecular flexibility index (Phi) is 5.23. The number of halogens is 1. The number of ether oxygens (including phenoxy) is 3. The molecule has 0 radical (unpaired) electrons. The molecule has 0 unspecified atom stereocenters. The third-order valence-electron chi connectivity index (χ3n) is 3.30. The van der Waals surface area contributed by atoms with Crippen LogP contribution in [0.4, 0.5) is 0 Å². The Morgan fingerprint density at radius 2 is 1.75 bits per heavy atom. The summed E-state index contributed by atoms with van der Waals surface area (Å²) in [5.74, 6) is 1.96. The highest BCUT2D eigenvalue weighted by atomic mass is 35.5. The fourth-order valence-corrected chi connectivity index (χ4v) is 2.94. The van der Waals surface area contributed by atoms with Crippen molar-refractivity contribution in [3.63, 3.8) is 0 Å². The van der Waals surface area contributed by atoms with Crippen molar-refractivity contribution in [2.45, 2.75) is 13.3 Å². The normalized spacial score (nSPS) is 10.5. The van der Waals surface area contributed by atoms with Gasteiger partial charge in [0.1, 0.15) is 17.2 Å². The molecule has 0 fully saturated rings. The van der Waals surface area contributed by atoms with E-state index in [1.165, 1.54) is 16.9 Å². The molecule has 24 heavy (non-hydrogen) atoms. The molecule has 4 nitrogen and oxygen atoms in total. The van der Waals surface area contributed by atoms with Crippen LogP contribution in [0, 0.1) is 0 Å². The summed E-state index contributed by atoms with van der Waals surface area (Å²) >= 11 is 7.34. The molecule has 1 aromatic heterocycles. The van der Waals surface area contributed by atoms with Gasteiger partial charge in [0, 0.05) is 11.1 Å². The van der Waals surface area contributed by atoms with E-state index in [4.69, 9.17) is 25.8 Å². The van der Waals surface area contributed by atoms with Crippen molar-refractivity contribution in [3.05, 3.63) is 59.2 Å². The van der Waals surface area contributed by atoms with Gasteiger partial charge in [0.15, 0.2) is 0 Å². The number of aromatic nitrogens is 1. The smallest absolute Gasteiger partial charge is 0.282 e. The third-order valence-corrected chi connectivity index (χ3v) is 4.27. The van der Waals surface area contributed by atoms with Gasteiger partial charge in [0.2, 0.25) is 5.06 Å². The fraction of sp³-hybridized carbons (Fsp3) is 0.167. The molecule has 0 saturated carbocycles. The molecule has 3 aromatic rings. The van der Waals surface area contributed by atoms with E-state index in [2.05, 4.69) is 11.9 Å². The molecule has 1 heterocycles. The van der Waals surface area contributed by atoms with Crippen molar-refractivity contribution in [2.24, 2.45) is 0 Å². The maximum absolute atomic E-state index is 6.03. The summed E-state index contributed by atoms with van der Waals surface area (Å²) in [6.07, 6.45) is 2.64. The zero-order valence-electron chi connectivity index (χ0n) is 13.3. The number of thiazole rings is 1. The predicted octanol–water partition coefficient (Wildman–Crippen LogP) is 5.95. The first-order valence-corrected chi connectivity index (χ1v) is 8.61.